The molecule has 232 valence electrons. The summed E-state index contributed by atoms with van der Waals surface area (Å²) in [6.45, 7) is 6.18. The van der Waals surface area contributed by atoms with Crippen LogP contribution in [0.1, 0.15) is 59.1 Å². The highest BCUT2D eigenvalue weighted by molar-refractivity contribution is 6.01. The van der Waals surface area contributed by atoms with Gasteiger partial charge in [-0.1, -0.05) is 38.1 Å². The predicted octanol–water partition coefficient (Wildman–Crippen LogP) is 3.90. The van der Waals surface area contributed by atoms with E-state index in [-0.39, 0.29) is 45.8 Å². The highest BCUT2D eigenvalue weighted by atomic mass is 16.6. The first-order valence-corrected chi connectivity index (χ1v) is 14.3. The number of carbonyl (C=O) groups excluding carboxylic acids is 4. The minimum absolute atomic E-state index is 0.147. The van der Waals surface area contributed by atoms with Gasteiger partial charge in [-0.25, -0.2) is 0 Å². The lowest BCUT2D eigenvalue weighted by Gasteiger charge is -2.12. The predicted molar refractivity (Wildman–Crippen MR) is 156 cm³/mol. The fourth-order valence-electron chi connectivity index (χ4n) is 6.28. The maximum Gasteiger partial charge on any atom is 0.322 e. The molecule has 0 aliphatic carbocycles. The van der Waals surface area contributed by atoms with E-state index in [0.717, 1.165) is 11.1 Å². The molecule has 2 aliphatic heterocycles. The Hall–Kier alpha value is -5.52. The molecule has 0 radical (unpaired) electrons. The lowest BCUT2D eigenvalue weighted by molar-refractivity contribution is -0.155. The number of ether oxygens (including phenoxy) is 2. The van der Waals surface area contributed by atoms with Gasteiger partial charge in [-0.15, -0.1) is 0 Å². The van der Waals surface area contributed by atoms with Gasteiger partial charge in [0, 0.05) is 22.3 Å². The SMILES string of the molecule is Cc1c(C2C(=O)OC(=O)C2C)c(O)n(-c2ccc(Cc3ccc(-n4c(O)c(C)c(C5C(=O)OC(=O)C5C)c4O)cc3)cc2)c1O. The lowest BCUT2D eigenvalue weighted by Crippen LogP contribution is -2.13. The summed E-state index contributed by atoms with van der Waals surface area (Å²) >= 11 is 0. The first-order chi connectivity index (χ1) is 21.3. The minimum atomic E-state index is -1.02. The molecule has 4 unspecified atom stereocenters. The number of hydrogen-bond donors (Lipinski definition) is 4. The van der Waals surface area contributed by atoms with E-state index in [1.807, 2.05) is 24.3 Å². The number of hydrogen-bond acceptors (Lipinski definition) is 10. The van der Waals surface area contributed by atoms with Gasteiger partial charge in [-0.3, -0.25) is 28.3 Å². The highest BCUT2D eigenvalue weighted by Gasteiger charge is 2.47. The molecule has 0 spiro atoms. The third-order valence-electron chi connectivity index (χ3n) is 8.88. The van der Waals surface area contributed by atoms with Gasteiger partial charge < -0.3 is 29.9 Å². The zero-order valence-corrected chi connectivity index (χ0v) is 24.8. The fraction of sp³-hybridized carbons (Fsp3) is 0.273. The van der Waals surface area contributed by atoms with E-state index in [1.165, 1.54) is 23.0 Å². The summed E-state index contributed by atoms with van der Waals surface area (Å²) in [5, 5.41) is 43.7. The zero-order chi connectivity index (χ0) is 32.5. The Kier molecular flexibility index (Phi) is 6.95. The van der Waals surface area contributed by atoms with E-state index >= 15 is 0 Å². The standard InChI is InChI=1S/C33H30N2O10/c1-14-22(24-16(3)30(40)44-32(24)42)28(38)34(26(14)36)20-9-5-18(6-10-20)13-19-7-11-21(12-8-19)35-27(37)15(2)23(29(35)39)25-17(4)31(41)45-33(25)43/h5-12,16-17,24-25,36-39H,13H2,1-4H3. The minimum Gasteiger partial charge on any atom is -0.494 e. The van der Waals surface area contributed by atoms with Gasteiger partial charge in [0.25, 0.3) is 0 Å². The maximum absolute atomic E-state index is 12.3. The van der Waals surface area contributed by atoms with Crippen molar-refractivity contribution in [2.24, 2.45) is 11.8 Å². The van der Waals surface area contributed by atoms with Gasteiger partial charge in [0.2, 0.25) is 23.5 Å². The van der Waals surface area contributed by atoms with Crippen LogP contribution in [0.4, 0.5) is 0 Å². The molecule has 12 nitrogen and oxygen atoms in total. The number of benzene rings is 2. The topological polar surface area (TPSA) is 178 Å². The summed E-state index contributed by atoms with van der Waals surface area (Å²) in [4.78, 5) is 48.5. The molecule has 4 N–H and O–H groups in total. The van der Waals surface area contributed by atoms with E-state index < -0.39 is 47.5 Å². The van der Waals surface area contributed by atoms with E-state index in [9.17, 15) is 39.6 Å². The molecule has 2 aromatic carbocycles. The fourth-order valence-corrected chi connectivity index (χ4v) is 6.28. The van der Waals surface area contributed by atoms with Crippen LogP contribution in [0.5, 0.6) is 23.5 Å². The Balaban J connectivity index is 1.23. The Morgan fingerprint density at radius 2 is 0.889 bits per heavy atom. The molecule has 12 heteroatoms. The number of rotatable bonds is 6. The Morgan fingerprint density at radius 1 is 0.556 bits per heavy atom. The van der Waals surface area contributed by atoms with Crippen LogP contribution in [-0.4, -0.2) is 53.4 Å². The van der Waals surface area contributed by atoms with Crippen molar-refractivity contribution in [2.75, 3.05) is 0 Å². The van der Waals surface area contributed by atoms with E-state index in [1.54, 1.807) is 38.1 Å². The second kappa shape index (κ2) is 10.6. The molecule has 4 aromatic rings. The van der Waals surface area contributed by atoms with Crippen LogP contribution in [0, 0.1) is 25.7 Å². The molecule has 2 fully saturated rings. The molecule has 2 saturated heterocycles. The molecular formula is C33H30N2O10. The van der Waals surface area contributed by atoms with Gasteiger partial charge in [-0.2, -0.15) is 0 Å². The van der Waals surface area contributed by atoms with Crippen LogP contribution in [0.15, 0.2) is 48.5 Å². The van der Waals surface area contributed by atoms with E-state index in [2.05, 4.69) is 0 Å². The van der Waals surface area contributed by atoms with Crippen LogP contribution in [0.25, 0.3) is 11.4 Å². The van der Waals surface area contributed by atoms with Crippen molar-refractivity contribution < 1.29 is 49.1 Å². The Bertz CT molecular complexity index is 1760. The zero-order valence-electron chi connectivity index (χ0n) is 24.8. The average Bonchev–Trinajstić information content (AvgIpc) is 3.57. The number of nitrogens with zero attached hydrogens (tertiary/aromatic N) is 2. The first kappa shape index (κ1) is 29.5. The molecule has 0 amide bonds. The maximum atomic E-state index is 12.3. The van der Waals surface area contributed by atoms with Crippen molar-refractivity contribution in [3.05, 3.63) is 81.9 Å². The monoisotopic (exact) mass is 614 g/mol. The molecule has 2 aromatic heterocycles. The molecule has 2 aliphatic rings. The van der Waals surface area contributed by atoms with Crippen molar-refractivity contribution in [1.82, 2.24) is 9.13 Å². The summed E-state index contributed by atoms with van der Waals surface area (Å²) in [7, 11) is 0. The summed E-state index contributed by atoms with van der Waals surface area (Å²) < 4.78 is 11.9. The van der Waals surface area contributed by atoms with Crippen molar-refractivity contribution in [2.45, 2.75) is 46.0 Å². The van der Waals surface area contributed by atoms with Crippen LogP contribution in [0.3, 0.4) is 0 Å². The van der Waals surface area contributed by atoms with Gasteiger partial charge in [0.1, 0.15) is 11.8 Å². The number of cyclic esters (lactones) is 4. The number of aromatic hydroxyl groups is 4. The van der Waals surface area contributed by atoms with Gasteiger partial charge in [0.05, 0.1) is 23.2 Å². The van der Waals surface area contributed by atoms with Crippen LogP contribution in [0.2, 0.25) is 0 Å². The molecule has 4 heterocycles. The van der Waals surface area contributed by atoms with E-state index in [0.29, 0.717) is 17.8 Å². The normalized spacial score (nSPS) is 21.4. The molecular weight excluding hydrogens is 584 g/mol. The summed E-state index contributed by atoms with van der Waals surface area (Å²) in [5.41, 5.74) is 3.52. The van der Waals surface area contributed by atoms with Gasteiger partial charge in [-0.05, 0) is 55.7 Å². The summed E-state index contributed by atoms with van der Waals surface area (Å²) in [6.07, 6.45) is 0.503. The molecule has 4 atom stereocenters. The van der Waals surface area contributed by atoms with Crippen molar-refractivity contribution in [3.63, 3.8) is 0 Å². The van der Waals surface area contributed by atoms with Crippen LogP contribution < -0.4 is 0 Å². The van der Waals surface area contributed by atoms with Crippen LogP contribution in [-0.2, 0) is 35.1 Å². The highest BCUT2D eigenvalue weighted by Crippen LogP contribution is 2.47. The number of aromatic nitrogens is 2. The molecule has 0 saturated carbocycles. The second-order valence-corrected chi connectivity index (χ2v) is 11.6. The van der Waals surface area contributed by atoms with Crippen molar-refractivity contribution in [3.8, 4) is 34.9 Å². The van der Waals surface area contributed by atoms with Gasteiger partial charge >= 0.3 is 23.9 Å². The van der Waals surface area contributed by atoms with Crippen molar-refractivity contribution in [1.29, 1.82) is 0 Å². The average molecular weight is 615 g/mol. The number of carbonyl (C=O) groups is 4. The summed E-state index contributed by atoms with van der Waals surface area (Å²) in [5.74, 6) is -7.78. The Morgan fingerprint density at radius 3 is 1.18 bits per heavy atom. The van der Waals surface area contributed by atoms with Crippen LogP contribution >= 0.6 is 0 Å². The molecule has 6 rings (SSSR count). The third kappa shape index (κ3) is 4.52. The third-order valence-corrected chi connectivity index (χ3v) is 8.88. The largest absolute Gasteiger partial charge is 0.494 e. The summed E-state index contributed by atoms with van der Waals surface area (Å²) in [6, 6.07) is 14.1. The van der Waals surface area contributed by atoms with Gasteiger partial charge in [0.15, 0.2) is 0 Å². The number of esters is 4. The molecule has 45 heavy (non-hydrogen) atoms. The lowest BCUT2D eigenvalue weighted by atomic mass is 9.88. The quantitative estimate of drug-likeness (QED) is 0.184. The second-order valence-electron chi connectivity index (χ2n) is 11.6. The first-order valence-electron chi connectivity index (χ1n) is 14.3. The van der Waals surface area contributed by atoms with Crippen molar-refractivity contribution >= 4 is 23.9 Å². The smallest absolute Gasteiger partial charge is 0.322 e. The Labute approximate surface area is 256 Å². The molecule has 0 bridgehead atoms. The van der Waals surface area contributed by atoms with E-state index in [4.69, 9.17) is 9.47 Å².